The van der Waals surface area contributed by atoms with Gasteiger partial charge in [-0.05, 0) is 0 Å². The van der Waals surface area contributed by atoms with E-state index in [2.05, 4.69) is 0 Å². The lowest BCUT2D eigenvalue weighted by Gasteiger charge is -2.13. The van der Waals surface area contributed by atoms with Crippen molar-refractivity contribution in [1.29, 1.82) is 0 Å². The Morgan fingerprint density at radius 2 is 1.17 bits per heavy atom. The molecule has 0 aromatic carbocycles. The standard InChI is InChI=1S/C6H18N4O2/c7-3-5(9)11-1-2-12-6(10)4-8/h5-6H,1-4,7-10H2. The molecule has 0 heterocycles. The second kappa shape index (κ2) is 7.41. The first-order valence-electron chi connectivity index (χ1n) is 3.85. The zero-order valence-corrected chi connectivity index (χ0v) is 7.11. The first kappa shape index (κ1) is 11.8. The maximum Gasteiger partial charge on any atom is 0.118 e. The summed E-state index contributed by atoms with van der Waals surface area (Å²) in [7, 11) is 0. The van der Waals surface area contributed by atoms with E-state index in [1.807, 2.05) is 0 Å². The van der Waals surface area contributed by atoms with E-state index >= 15 is 0 Å². The highest BCUT2D eigenvalue weighted by Crippen LogP contribution is 1.83. The van der Waals surface area contributed by atoms with Gasteiger partial charge >= 0.3 is 0 Å². The molecule has 6 heteroatoms. The highest BCUT2D eigenvalue weighted by Gasteiger charge is 2.00. The predicted molar refractivity (Wildman–Crippen MR) is 46.0 cm³/mol. The summed E-state index contributed by atoms with van der Waals surface area (Å²) >= 11 is 0. The smallest absolute Gasteiger partial charge is 0.118 e. The van der Waals surface area contributed by atoms with Crippen LogP contribution in [-0.4, -0.2) is 38.8 Å². The number of rotatable bonds is 7. The van der Waals surface area contributed by atoms with Gasteiger partial charge in [0.05, 0.1) is 13.2 Å². The molecule has 0 saturated heterocycles. The minimum absolute atomic E-state index is 0.295. The summed E-state index contributed by atoms with van der Waals surface area (Å²) in [6, 6.07) is 0. The van der Waals surface area contributed by atoms with Gasteiger partial charge in [0, 0.05) is 13.1 Å². The van der Waals surface area contributed by atoms with Crippen LogP contribution in [0.25, 0.3) is 0 Å². The molecule has 0 spiro atoms. The third-order valence-electron chi connectivity index (χ3n) is 1.21. The van der Waals surface area contributed by atoms with Gasteiger partial charge in [0.1, 0.15) is 12.5 Å². The summed E-state index contributed by atoms with van der Waals surface area (Å²) in [5, 5.41) is 0. The van der Waals surface area contributed by atoms with Crippen LogP contribution in [0.1, 0.15) is 0 Å². The summed E-state index contributed by atoms with van der Waals surface area (Å²) in [4.78, 5) is 0. The SMILES string of the molecule is NCC(N)OCCOC(N)CN. The predicted octanol–water partition coefficient (Wildman–Crippen LogP) is -2.49. The van der Waals surface area contributed by atoms with E-state index in [1.165, 1.54) is 0 Å². The molecule has 0 aliphatic rings. The monoisotopic (exact) mass is 178 g/mol. The zero-order chi connectivity index (χ0) is 9.40. The normalized spacial score (nSPS) is 16.0. The molecule has 2 atom stereocenters. The van der Waals surface area contributed by atoms with Crippen LogP contribution in [0.2, 0.25) is 0 Å². The van der Waals surface area contributed by atoms with Crippen molar-refractivity contribution in [1.82, 2.24) is 0 Å². The third kappa shape index (κ3) is 6.47. The first-order chi connectivity index (χ1) is 5.70. The van der Waals surface area contributed by atoms with Crippen molar-refractivity contribution in [2.24, 2.45) is 22.9 Å². The van der Waals surface area contributed by atoms with E-state index in [0.29, 0.717) is 26.3 Å². The van der Waals surface area contributed by atoms with Crippen molar-refractivity contribution in [2.45, 2.75) is 12.5 Å². The van der Waals surface area contributed by atoms with Crippen molar-refractivity contribution in [3.63, 3.8) is 0 Å². The molecule has 6 nitrogen and oxygen atoms in total. The van der Waals surface area contributed by atoms with E-state index in [4.69, 9.17) is 32.4 Å². The second-order valence-corrected chi connectivity index (χ2v) is 2.29. The molecule has 0 rings (SSSR count). The Morgan fingerprint density at radius 3 is 1.42 bits per heavy atom. The molecule has 0 aliphatic carbocycles. The minimum atomic E-state index is -0.428. The molecule has 0 aromatic heterocycles. The van der Waals surface area contributed by atoms with Gasteiger partial charge < -0.3 is 32.4 Å². The molecular formula is C6H18N4O2. The molecule has 0 radical (unpaired) electrons. The van der Waals surface area contributed by atoms with Crippen molar-refractivity contribution in [3.8, 4) is 0 Å². The average Bonchev–Trinajstić information content (AvgIpc) is 2.11. The lowest BCUT2D eigenvalue weighted by atomic mass is 10.6. The molecule has 0 amide bonds. The molecule has 0 aliphatic heterocycles. The number of hydrogen-bond acceptors (Lipinski definition) is 6. The third-order valence-corrected chi connectivity index (χ3v) is 1.21. The molecule has 12 heavy (non-hydrogen) atoms. The zero-order valence-electron chi connectivity index (χ0n) is 7.11. The van der Waals surface area contributed by atoms with Gasteiger partial charge in [0.2, 0.25) is 0 Å². The van der Waals surface area contributed by atoms with E-state index < -0.39 is 12.5 Å². The number of ether oxygens (including phenoxy) is 2. The fourth-order valence-corrected chi connectivity index (χ4v) is 0.535. The van der Waals surface area contributed by atoms with Crippen LogP contribution < -0.4 is 22.9 Å². The van der Waals surface area contributed by atoms with Gasteiger partial charge in [0.25, 0.3) is 0 Å². The molecule has 74 valence electrons. The molecule has 0 saturated carbocycles. The highest BCUT2D eigenvalue weighted by atomic mass is 16.5. The summed E-state index contributed by atoms with van der Waals surface area (Å²) in [5.74, 6) is 0. The molecule has 0 fully saturated rings. The maximum atomic E-state index is 5.36. The van der Waals surface area contributed by atoms with Gasteiger partial charge in [-0.1, -0.05) is 0 Å². The van der Waals surface area contributed by atoms with Crippen LogP contribution in [0.5, 0.6) is 0 Å². The Labute approximate surface area is 72.2 Å². The van der Waals surface area contributed by atoms with Gasteiger partial charge in [-0.25, -0.2) is 0 Å². The number of hydrogen-bond donors (Lipinski definition) is 4. The largest absolute Gasteiger partial charge is 0.360 e. The van der Waals surface area contributed by atoms with Crippen LogP contribution in [-0.2, 0) is 9.47 Å². The molecule has 0 aromatic rings. The van der Waals surface area contributed by atoms with Crippen LogP contribution >= 0.6 is 0 Å². The van der Waals surface area contributed by atoms with E-state index in [0.717, 1.165) is 0 Å². The Morgan fingerprint density at radius 1 is 0.833 bits per heavy atom. The van der Waals surface area contributed by atoms with Crippen LogP contribution in [0.3, 0.4) is 0 Å². The van der Waals surface area contributed by atoms with Crippen molar-refractivity contribution < 1.29 is 9.47 Å². The molecule has 8 N–H and O–H groups in total. The Hall–Kier alpha value is -0.240. The van der Waals surface area contributed by atoms with E-state index in [1.54, 1.807) is 0 Å². The lowest BCUT2D eigenvalue weighted by molar-refractivity contribution is -0.0132. The molecular weight excluding hydrogens is 160 g/mol. The highest BCUT2D eigenvalue weighted by molar-refractivity contribution is 4.48. The maximum absolute atomic E-state index is 5.36. The quantitative estimate of drug-likeness (QED) is 0.252. The van der Waals surface area contributed by atoms with Crippen LogP contribution in [0.4, 0.5) is 0 Å². The Bertz CT molecular complexity index is 91.5. The van der Waals surface area contributed by atoms with E-state index in [-0.39, 0.29) is 0 Å². The first-order valence-corrected chi connectivity index (χ1v) is 3.85. The summed E-state index contributed by atoms with van der Waals surface area (Å²) in [5.41, 5.74) is 21.1. The van der Waals surface area contributed by atoms with Crippen LogP contribution in [0.15, 0.2) is 0 Å². The topological polar surface area (TPSA) is 123 Å². The Kier molecular flexibility index (Phi) is 7.26. The van der Waals surface area contributed by atoms with Crippen LogP contribution in [0, 0.1) is 0 Å². The lowest BCUT2D eigenvalue weighted by Crippen LogP contribution is -2.36. The Balaban J connectivity index is 3.10. The van der Waals surface area contributed by atoms with Gasteiger partial charge in [-0.15, -0.1) is 0 Å². The fourth-order valence-electron chi connectivity index (χ4n) is 0.535. The summed E-state index contributed by atoms with van der Waals surface area (Å²) < 4.78 is 10.0. The van der Waals surface area contributed by atoms with Crippen molar-refractivity contribution in [3.05, 3.63) is 0 Å². The summed E-state index contributed by atoms with van der Waals surface area (Å²) in [6.07, 6.45) is -0.856. The van der Waals surface area contributed by atoms with Gasteiger partial charge in [0.15, 0.2) is 0 Å². The summed E-state index contributed by atoms with van der Waals surface area (Å²) in [6.45, 7) is 1.35. The molecule has 0 bridgehead atoms. The van der Waals surface area contributed by atoms with Crippen molar-refractivity contribution in [2.75, 3.05) is 26.3 Å². The average molecular weight is 178 g/mol. The van der Waals surface area contributed by atoms with E-state index in [9.17, 15) is 0 Å². The molecule has 2 unspecified atom stereocenters. The van der Waals surface area contributed by atoms with Crippen molar-refractivity contribution >= 4 is 0 Å². The van der Waals surface area contributed by atoms with Gasteiger partial charge in [-0.2, -0.15) is 0 Å². The fraction of sp³-hybridized carbons (Fsp3) is 1.00. The van der Waals surface area contributed by atoms with Gasteiger partial charge in [-0.3, -0.25) is 0 Å². The minimum Gasteiger partial charge on any atom is -0.360 e. The number of nitrogens with two attached hydrogens (primary N) is 4. The second-order valence-electron chi connectivity index (χ2n) is 2.29.